The molecule has 1 amide bonds. The van der Waals surface area contributed by atoms with Gasteiger partial charge in [-0.05, 0) is 33.3 Å². The van der Waals surface area contributed by atoms with Crippen LogP contribution in [0.5, 0.6) is 0 Å². The Morgan fingerprint density at radius 2 is 2.00 bits per heavy atom. The number of hydrogen-bond acceptors (Lipinski definition) is 2. The van der Waals surface area contributed by atoms with E-state index in [1.807, 2.05) is 0 Å². The highest BCUT2D eigenvalue weighted by Gasteiger charge is 2.52. The van der Waals surface area contributed by atoms with Crippen molar-refractivity contribution in [2.24, 2.45) is 5.41 Å². The molecule has 0 spiro atoms. The second-order valence-electron chi connectivity index (χ2n) is 6.04. The first-order valence-electron chi connectivity index (χ1n) is 6.00. The van der Waals surface area contributed by atoms with Gasteiger partial charge in [-0.15, -0.1) is 0 Å². The fraction of sp³-hybridized carbons (Fsp3) is 0.769. The molecule has 1 unspecified atom stereocenters. The normalized spacial score (nSPS) is 25.1. The second kappa shape index (κ2) is 4.52. The molecule has 0 aromatic heterocycles. The second-order valence-corrected chi connectivity index (χ2v) is 6.04. The van der Waals surface area contributed by atoms with Crippen molar-refractivity contribution in [3.05, 3.63) is 12.7 Å². The summed E-state index contributed by atoms with van der Waals surface area (Å²) in [6.45, 7) is 10.2. The van der Waals surface area contributed by atoms with Crippen LogP contribution >= 0.6 is 0 Å². The van der Waals surface area contributed by atoms with Crippen molar-refractivity contribution in [2.75, 3.05) is 13.1 Å². The van der Waals surface area contributed by atoms with Crippen LogP contribution in [0.3, 0.4) is 0 Å². The Bertz CT molecular complexity index is 349. The summed E-state index contributed by atoms with van der Waals surface area (Å²) in [7, 11) is 0. The summed E-state index contributed by atoms with van der Waals surface area (Å²) in [5.74, 6) is -2.98. The fourth-order valence-electron chi connectivity index (χ4n) is 1.96. The van der Waals surface area contributed by atoms with Crippen LogP contribution in [0.4, 0.5) is 13.6 Å². The van der Waals surface area contributed by atoms with Gasteiger partial charge in [-0.3, -0.25) is 0 Å². The van der Waals surface area contributed by atoms with Crippen molar-refractivity contribution in [2.45, 2.75) is 45.6 Å². The molecular formula is C13H21F2NO2. The van der Waals surface area contributed by atoms with Crippen molar-refractivity contribution < 1.29 is 18.3 Å². The van der Waals surface area contributed by atoms with Crippen molar-refractivity contribution in [1.82, 2.24) is 4.90 Å². The predicted molar refractivity (Wildman–Crippen MR) is 65.7 cm³/mol. The van der Waals surface area contributed by atoms with Crippen LogP contribution in [-0.2, 0) is 4.74 Å². The van der Waals surface area contributed by atoms with Gasteiger partial charge in [0.15, 0.2) is 0 Å². The smallest absolute Gasteiger partial charge is 0.410 e. The van der Waals surface area contributed by atoms with Gasteiger partial charge in [0.05, 0.1) is 5.41 Å². The molecule has 1 aliphatic rings. The molecule has 104 valence electrons. The van der Waals surface area contributed by atoms with Gasteiger partial charge in [0, 0.05) is 13.1 Å². The molecule has 1 saturated heterocycles. The monoisotopic (exact) mass is 261 g/mol. The molecule has 0 N–H and O–H groups in total. The number of alkyl halides is 2. The maximum Gasteiger partial charge on any atom is 0.410 e. The molecule has 18 heavy (non-hydrogen) atoms. The number of rotatable bonds is 2. The Balaban J connectivity index is 2.72. The standard InChI is InChI=1S/C13H21F2NO2/c1-6-13(14,15)12(5)7-8-16(9-12)10(17)18-11(2,3)4/h6H,1,7-9H2,2-5H3. The highest BCUT2D eigenvalue weighted by molar-refractivity contribution is 5.68. The molecule has 1 rings (SSSR count). The molecule has 0 saturated carbocycles. The largest absolute Gasteiger partial charge is 0.444 e. The lowest BCUT2D eigenvalue weighted by molar-refractivity contribution is -0.0644. The SMILES string of the molecule is C=CC(F)(F)C1(C)CCN(C(=O)OC(C)(C)C)C1. The summed E-state index contributed by atoms with van der Waals surface area (Å²) < 4.78 is 32.6. The van der Waals surface area contributed by atoms with Gasteiger partial charge in [-0.1, -0.05) is 13.5 Å². The molecule has 1 aliphatic heterocycles. The van der Waals surface area contributed by atoms with Crippen LogP contribution < -0.4 is 0 Å². The van der Waals surface area contributed by atoms with Crippen molar-refractivity contribution in [3.63, 3.8) is 0 Å². The van der Waals surface area contributed by atoms with Gasteiger partial charge in [0.1, 0.15) is 5.60 Å². The molecule has 0 bridgehead atoms. The van der Waals surface area contributed by atoms with E-state index in [2.05, 4.69) is 6.58 Å². The van der Waals surface area contributed by atoms with Gasteiger partial charge < -0.3 is 9.64 Å². The third-order valence-electron chi connectivity index (χ3n) is 3.19. The molecule has 0 radical (unpaired) electrons. The molecule has 1 fully saturated rings. The number of likely N-dealkylation sites (tertiary alicyclic amines) is 1. The zero-order valence-electron chi connectivity index (χ0n) is 11.4. The number of carbonyl (C=O) groups is 1. The topological polar surface area (TPSA) is 29.5 Å². The minimum Gasteiger partial charge on any atom is -0.444 e. The first-order chi connectivity index (χ1) is 8.01. The van der Waals surface area contributed by atoms with E-state index >= 15 is 0 Å². The number of ether oxygens (including phenoxy) is 1. The Kier molecular flexibility index (Phi) is 3.75. The van der Waals surface area contributed by atoms with Crippen molar-refractivity contribution in [1.29, 1.82) is 0 Å². The zero-order chi connectivity index (χ0) is 14.2. The summed E-state index contributed by atoms with van der Waals surface area (Å²) in [4.78, 5) is 13.1. The van der Waals surface area contributed by atoms with Crippen molar-refractivity contribution in [3.8, 4) is 0 Å². The maximum absolute atomic E-state index is 13.7. The molecule has 1 heterocycles. The summed E-state index contributed by atoms with van der Waals surface area (Å²) >= 11 is 0. The quantitative estimate of drug-likeness (QED) is 0.712. The summed E-state index contributed by atoms with van der Waals surface area (Å²) in [5.41, 5.74) is -1.87. The van der Waals surface area contributed by atoms with Gasteiger partial charge in [0.2, 0.25) is 0 Å². The third-order valence-corrected chi connectivity index (χ3v) is 3.19. The van der Waals surface area contributed by atoms with E-state index < -0.39 is 23.0 Å². The minimum atomic E-state index is -2.98. The average Bonchev–Trinajstić information content (AvgIpc) is 2.60. The lowest BCUT2D eigenvalue weighted by atomic mass is 9.82. The van der Waals surface area contributed by atoms with E-state index in [0.29, 0.717) is 6.08 Å². The van der Waals surface area contributed by atoms with E-state index in [1.165, 1.54) is 11.8 Å². The van der Waals surface area contributed by atoms with E-state index in [4.69, 9.17) is 4.74 Å². The first kappa shape index (κ1) is 14.9. The molecule has 0 aromatic carbocycles. The number of carbonyl (C=O) groups excluding carboxylic acids is 1. The highest BCUT2D eigenvalue weighted by Crippen LogP contribution is 2.44. The van der Waals surface area contributed by atoms with Crippen LogP contribution in [0.2, 0.25) is 0 Å². The maximum atomic E-state index is 13.7. The fourth-order valence-corrected chi connectivity index (χ4v) is 1.96. The van der Waals surface area contributed by atoms with E-state index in [9.17, 15) is 13.6 Å². The van der Waals surface area contributed by atoms with E-state index in [0.717, 1.165) is 0 Å². The zero-order valence-corrected chi connectivity index (χ0v) is 11.4. The van der Waals surface area contributed by atoms with Crippen molar-refractivity contribution >= 4 is 6.09 Å². The molecule has 1 atom stereocenters. The van der Waals surface area contributed by atoms with Crippen LogP contribution in [0.25, 0.3) is 0 Å². The average molecular weight is 261 g/mol. The van der Waals surface area contributed by atoms with Gasteiger partial charge in [0.25, 0.3) is 5.92 Å². The number of allylic oxidation sites excluding steroid dienone is 1. The molecular weight excluding hydrogens is 240 g/mol. The summed E-state index contributed by atoms with van der Waals surface area (Å²) in [5, 5.41) is 0. The van der Waals surface area contributed by atoms with E-state index in [-0.39, 0.29) is 19.5 Å². The Morgan fingerprint density at radius 3 is 2.44 bits per heavy atom. The van der Waals surface area contributed by atoms with Crippen LogP contribution in [0, 0.1) is 5.41 Å². The Morgan fingerprint density at radius 1 is 1.44 bits per heavy atom. The number of hydrogen-bond donors (Lipinski definition) is 0. The number of nitrogens with zero attached hydrogens (tertiary/aromatic N) is 1. The first-order valence-corrected chi connectivity index (χ1v) is 6.00. The molecule has 3 nitrogen and oxygen atoms in total. The van der Waals surface area contributed by atoms with Crippen LogP contribution in [0.1, 0.15) is 34.1 Å². The third kappa shape index (κ3) is 3.00. The summed E-state index contributed by atoms with van der Waals surface area (Å²) in [6, 6.07) is 0. The predicted octanol–water partition coefficient (Wildman–Crippen LogP) is 3.45. The summed E-state index contributed by atoms with van der Waals surface area (Å²) in [6.07, 6.45) is 0.364. The van der Waals surface area contributed by atoms with E-state index in [1.54, 1.807) is 20.8 Å². The Hall–Kier alpha value is -1.13. The van der Waals surface area contributed by atoms with Gasteiger partial charge >= 0.3 is 6.09 Å². The van der Waals surface area contributed by atoms with Crippen LogP contribution in [0.15, 0.2) is 12.7 Å². The molecule has 0 aromatic rings. The number of halogens is 2. The highest BCUT2D eigenvalue weighted by atomic mass is 19.3. The number of amides is 1. The van der Waals surface area contributed by atoms with Crippen LogP contribution in [-0.4, -0.2) is 35.6 Å². The molecule has 0 aliphatic carbocycles. The lowest BCUT2D eigenvalue weighted by Gasteiger charge is -2.31. The minimum absolute atomic E-state index is 0.0130. The molecule has 5 heteroatoms. The van der Waals surface area contributed by atoms with Gasteiger partial charge in [-0.2, -0.15) is 0 Å². The lowest BCUT2D eigenvalue weighted by Crippen LogP contribution is -2.42. The van der Waals surface area contributed by atoms with Gasteiger partial charge in [-0.25, -0.2) is 13.6 Å². The Labute approximate surface area is 107 Å².